The Morgan fingerprint density at radius 1 is 1.00 bits per heavy atom. The van der Waals surface area contributed by atoms with E-state index >= 15 is 0 Å². The Labute approximate surface area is 175 Å². The van der Waals surface area contributed by atoms with Gasteiger partial charge < -0.3 is 10.1 Å². The summed E-state index contributed by atoms with van der Waals surface area (Å²) in [6.45, 7) is -0.338. The van der Waals surface area contributed by atoms with E-state index in [0.29, 0.717) is 11.3 Å². The molecule has 4 nitrogen and oxygen atoms in total. The summed E-state index contributed by atoms with van der Waals surface area (Å²) in [4.78, 5) is 16.1. The number of benzene rings is 3. The maximum atomic E-state index is 13.5. The van der Waals surface area contributed by atoms with Crippen molar-refractivity contribution in [1.29, 1.82) is 0 Å². The van der Waals surface area contributed by atoms with E-state index in [1.54, 1.807) is 24.3 Å². The summed E-state index contributed by atoms with van der Waals surface area (Å²) < 4.78 is 32.1. The number of nitrogens with zero attached hydrogens (tertiary/aromatic N) is 1. The number of carbonyl (C=O) groups excluding carboxylic acids is 1. The molecule has 0 saturated carbocycles. The molecular weight excluding hydrogens is 421 g/mol. The van der Waals surface area contributed by atoms with Gasteiger partial charge in [-0.2, -0.15) is 0 Å². The van der Waals surface area contributed by atoms with Crippen LogP contribution in [0.15, 0.2) is 65.7 Å². The normalized spacial score (nSPS) is 10.9. The van der Waals surface area contributed by atoms with Crippen LogP contribution in [0.25, 0.3) is 0 Å². The molecule has 0 aromatic heterocycles. The number of aliphatic imine (C=N–C) groups is 1. The van der Waals surface area contributed by atoms with E-state index in [0.717, 1.165) is 0 Å². The average molecular weight is 435 g/mol. The number of ether oxygens (including phenoxy) is 1. The van der Waals surface area contributed by atoms with Crippen LogP contribution in [0.5, 0.6) is 5.75 Å². The van der Waals surface area contributed by atoms with Crippen LogP contribution in [-0.2, 0) is 4.79 Å². The molecule has 0 spiro atoms. The molecular formula is C21H14Cl2F2N2O2. The van der Waals surface area contributed by atoms with E-state index in [1.807, 2.05) is 0 Å². The highest BCUT2D eigenvalue weighted by molar-refractivity contribution is 6.32. The van der Waals surface area contributed by atoms with Crippen molar-refractivity contribution in [3.8, 4) is 5.75 Å². The fourth-order valence-corrected chi connectivity index (χ4v) is 2.74. The average Bonchev–Trinajstić information content (AvgIpc) is 2.70. The van der Waals surface area contributed by atoms with Gasteiger partial charge in [-0.3, -0.25) is 9.79 Å². The van der Waals surface area contributed by atoms with E-state index in [1.165, 1.54) is 42.6 Å². The molecule has 0 aliphatic rings. The molecule has 0 atom stereocenters. The van der Waals surface area contributed by atoms with Gasteiger partial charge in [0.1, 0.15) is 17.4 Å². The Balaban J connectivity index is 1.60. The fourth-order valence-electron chi connectivity index (χ4n) is 2.32. The number of nitrogens with one attached hydrogen (secondary N) is 1. The topological polar surface area (TPSA) is 50.7 Å². The Morgan fingerprint density at radius 3 is 2.52 bits per heavy atom. The first-order chi connectivity index (χ1) is 13.9. The van der Waals surface area contributed by atoms with Gasteiger partial charge in [-0.1, -0.05) is 35.3 Å². The number of rotatable bonds is 6. The van der Waals surface area contributed by atoms with Crippen LogP contribution < -0.4 is 10.1 Å². The van der Waals surface area contributed by atoms with Gasteiger partial charge in [0.15, 0.2) is 6.61 Å². The van der Waals surface area contributed by atoms with E-state index in [4.69, 9.17) is 27.9 Å². The van der Waals surface area contributed by atoms with Crippen LogP contribution in [0, 0.1) is 11.6 Å². The van der Waals surface area contributed by atoms with Crippen LogP contribution in [0.2, 0.25) is 10.0 Å². The van der Waals surface area contributed by atoms with E-state index in [9.17, 15) is 13.6 Å². The first-order valence-electron chi connectivity index (χ1n) is 8.38. The van der Waals surface area contributed by atoms with Gasteiger partial charge in [0.2, 0.25) is 0 Å². The number of hydrogen-bond acceptors (Lipinski definition) is 3. The number of anilines is 1. The van der Waals surface area contributed by atoms with Crippen molar-refractivity contribution in [2.45, 2.75) is 0 Å². The number of hydrogen-bond donors (Lipinski definition) is 1. The quantitative estimate of drug-likeness (QED) is 0.480. The highest BCUT2D eigenvalue weighted by Gasteiger charge is 2.09. The van der Waals surface area contributed by atoms with Gasteiger partial charge in [-0.25, -0.2) is 8.78 Å². The molecule has 3 rings (SSSR count). The van der Waals surface area contributed by atoms with Gasteiger partial charge in [-0.15, -0.1) is 0 Å². The maximum absolute atomic E-state index is 13.5. The van der Waals surface area contributed by atoms with Crippen molar-refractivity contribution in [2.24, 2.45) is 4.99 Å². The lowest BCUT2D eigenvalue weighted by molar-refractivity contribution is -0.118. The molecule has 1 N–H and O–H groups in total. The number of halogens is 4. The predicted octanol–water partition coefficient (Wildman–Crippen LogP) is 6.04. The molecule has 0 radical (unpaired) electrons. The fraction of sp³-hybridized carbons (Fsp3) is 0.0476. The van der Waals surface area contributed by atoms with Crippen molar-refractivity contribution in [1.82, 2.24) is 0 Å². The third kappa shape index (κ3) is 5.76. The number of carbonyl (C=O) groups is 1. The summed E-state index contributed by atoms with van der Waals surface area (Å²) in [6.07, 6.45) is 1.53. The zero-order valence-corrected chi connectivity index (χ0v) is 16.3. The standard InChI is InChI=1S/C21H14Cl2F2N2O2/c22-15-10-14(6-7-17(15)24)26-11-13-5-8-20(16(23)9-13)29-12-21(28)27-19-4-2-1-3-18(19)25/h1-11H,12H2,(H,27,28). The molecule has 0 bridgehead atoms. The molecule has 0 heterocycles. The summed E-state index contributed by atoms with van der Waals surface area (Å²) in [5, 5.41) is 2.67. The zero-order chi connectivity index (χ0) is 20.8. The van der Waals surface area contributed by atoms with Gasteiger partial charge >= 0.3 is 0 Å². The summed E-state index contributed by atoms with van der Waals surface area (Å²) in [6, 6.07) is 14.8. The third-order valence-electron chi connectivity index (χ3n) is 3.73. The molecule has 3 aromatic carbocycles. The van der Waals surface area contributed by atoms with Gasteiger partial charge in [0, 0.05) is 6.21 Å². The monoisotopic (exact) mass is 434 g/mol. The Morgan fingerprint density at radius 2 is 1.79 bits per heavy atom. The minimum Gasteiger partial charge on any atom is -0.482 e. The van der Waals surface area contributed by atoms with Crippen LogP contribution in [0.1, 0.15) is 5.56 Å². The van der Waals surface area contributed by atoms with Crippen molar-refractivity contribution >= 4 is 46.7 Å². The van der Waals surface area contributed by atoms with Crippen LogP contribution in [-0.4, -0.2) is 18.7 Å². The molecule has 3 aromatic rings. The van der Waals surface area contributed by atoms with Crippen molar-refractivity contribution in [2.75, 3.05) is 11.9 Å². The highest BCUT2D eigenvalue weighted by atomic mass is 35.5. The third-order valence-corrected chi connectivity index (χ3v) is 4.31. The second-order valence-corrected chi connectivity index (χ2v) is 6.68. The second kappa shape index (κ2) is 9.49. The SMILES string of the molecule is O=C(COc1ccc(C=Nc2ccc(F)c(Cl)c2)cc1Cl)Nc1ccccc1F. The van der Waals surface area contributed by atoms with Crippen LogP contribution in [0.4, 0.5) is 20.2 Å². The Hall–Kier alpha value is -2.96. The largest absolute Gasteiger partial charge is 0.482 e. The summed E-state index contributed by atoms with van der Waals surface area (Å²) in [5.74, 6) is -1.29. The first-order valence-corrected chi connectivity index (χ1v) is 9.14. The predicted molar refractivity (Wildman–Crippen MR) is 111 cm³/mol. The van der Waals surface area contributed by atoms with E-state index in [-0.39, 0.29) is 28.1 Å². The molecule has 0 aliphatic carbocycles. The molecule has 29 heavy (non-hydrogen) atoms. The van der Waals surface area contributed by atoms with Gasteiger partial charge in [0.25, 0.3) is 5.91 Å². The molecule has 0 fully saturated rings. The Bertz CT molecular complexity index is 1070. The first kappa shape index (κ1) is 20.8. The highest BCUT2D eigenvalue weighted by Crippen LogP contribution is 2.26. The molecule has 1 amide bonds. The van der Waals surface area contributed by atoms with Gasteiger partial charge in [-0.05, 0) is 54.1 Å². The maximum Gasteiger partial charge on any atom is 0.262 e. The molecule has 0 saturated heterocycles. The minimum absolute atomic E-state index is 0.0184. The van der Waals surface area contributed by atoms with Crippen molar-refractivity contribution in [3.63, 3.8) is 0 Å². The molecule has 148 valence electrons. The van der Waals surface area contributed by atoms with Gasteiger partial charge in [0.05, 0.1) is 21.4 Å². The van der Waals surface area contributed by atoms with E-state index in [2.05, 4.69) is 10.3 Å². The number of para-hydroxylation sites is 1. The molecule has 0 unspecified atom stereocenters. The lowest BCUT2D eigenvalue weighted by atomic mass is 10.2. The van der Waals surface area contributed by atoms with E-state index < -0.39 is 17.5 Å². The summed E-state index contributed by atoms with van der Waals surface area (Å²) in [5.41, 5.74) is 1.22. The molecule has 8 heteroatoms. The zero-order valence-electron chi connectivity index (χ0n) is 14.8. The second-order valence-electron chi connectivity index (χ2n) is 5.86. The summed E-state index contributed by atoms with van der Waals surface area (Å²) in [7, 11) is 0. The van der Waals surface area contributed by atoms with Crippen molar-refractivity contribution < 1.29 is 18.3 Å². The lowest BCUT2D eigenvalue weighted by Gasteiger charge is -2.09. The summed E-state index contributed by atoms with van der Waals surface area (Å²) >= 11 is 11.9. The smallest absolute Gasteiger partial charge is 0.262 e. The Kier molecular flexibility index (Phi) is 6.80. The van der Waals surface area contributed by atoms with Crippen LogP contribution in [0.3, 0.4) is 0 Å². The van der Waals surface area contributed by atoms with Crippen molar-refractivity contribution in [3.05, 3.63) is 87.9 Å². The lowest BCUT2D eigenvalue weighted by Crippen LogP contribution is -2.20. The molecule has 0 aliphatic heterocycles. The number of amides is 1. The van der Waals surface area contributed by atoms with Crippen LogP contribution >= 0.6 is 23.2 Å². The minimum atomic E-state index is -0.537.